The molecule has 3 nitrogen and oxygen atoms in total. The number of anilines is 1. The molecule has 15 heavy (non-hydrogen) atoms. The molecular weight excluding hydrogens is 188 g/mol. The first-order valence-corrected chi connectivity index (χ1v) is 5.36. The zero-order chi connectivity index (χ0) is 10.9. The average Bonchev–Trinajstić information content (AvgIpc) is 2.11. The molecular formula is C12H18N2O. The molecule has 0 aliphatic carbocycles. The van der Waals surface area contributed by atoms with E-state index in [0.29, 0.717) is 6.04 Å². The number of pyridine rings is 1. The minimum atomic E-state index is 0.176. The average molecular weight is 206 g/mol. The summed E-state index contributed by atoms with van der Waals surface area (Å²) in [5.41, 5.74) is 1.48. The molecule has 82 valence electrons. The van der Waals surface area contributed by atoms with E-state index < -0.39 is 0 Å². The second-order valence-corrected chi connectivity index (χ2v) is 5.06. The van der Waals surface area contributed by atoms with Gasteiger partial charge in [0.15, 0.2) is 0 Å². The normalized spacial score (nSPS) is 17.3. The highest BCUT2D eigenvalue weighted by Crippen LogP contribution is 2.23. The summed E-state index contributed by atoms with van der Waals surface area (Å²) in [7, 11) is 0. The molecule has 1 aromatic heterocycles. The monoisotopic (exact) mass is 206 g/mol. The van der Waals surface area contributed by atoms with Gasteiger partial charge in [0, 0.05) is 6.20 Å². The van der Waals surface area contributed by atoms with Gasteiger partial charge in [0.05, 0.1) is 19.3 Å². The Kier molecular flexibility index (Phi) is 2.65. The van der Waals surface area contributed by atoms with Crippen LogP contribution in [0.15, 0.2) is 18.3 Å². The maximum Gasteiger partial charge on any atom is 0.126 e. The second kappa shape index (κ2) is 3.81. The van der Waals surface area contributed by atoms with E-state index in [0.717, 1.165) is 19.0 Å². The SMILES string of the molecule is CC(C)(C)c1ccnc(NC2COC2)c1. The van der Waals surface area contributed by atoms with Crippen LogP contribution in [0.2, 0.25) is 0 Å². The Bertz CT molecular complexity index is 340. The highest BCUT2D eigenvalue weighted by molar-refractivity contribution is 5.41. The molecule has 0 amide bonds. The fourth-order valence-electron chi connectivity index (χ4n) is 1.50. The molecule has 1 fully saturated rings. The molecule has 0 saturated carbocycles. The minimum Gasteiger partial charge on any atom is -0.377 e. The maximum absolute atomic E-state index is 5.11. The third kappa shape index (κ3) is 2.48. The van der Waals surface area contributed by atoms with Crippen molar-refractivity contribution in [3.05, 3.63) is 23.9 Å². The molecule has 1 aliphatic heterocycles. The molecule has 2 heterocycles. The summed E-state index contributed by atoms with van der Waals surface area (Å²) in [5.74, 6) is 0.954. The summed E-state index contributed by atoms with van der Waals surface area (Å²) in [5, 5.41) is 3.35. The second-order valence-electron chi connectivity index (χ2n) is 5.06. The molecule has 3 heteroatoms. The zero-order valence-corrected chi connectivity index (χ0v) is 9.58. The number of ether oxygens (including phenoxy) is 1. The topological polar surface area (TPSA) is 34.2 Å². The lowest BCUT2D eigenvalue weighted by Crippen LogP contribution is -2.40. The van der Waals surface area contributed by atoms with Crippen LogP contribution in [0, 0.1) is 0 Å². The van der Waals surface area contributed by atoms with Gasteiger partial charge in [0.1, 0.15) is 5.82 Å². The van der Waals surface area contributed by atoms with Crippen molar-refractivity contribution in [2.24, 2.45) is 0 Å². The third-order valence-electron chi connectivity index (χ3n) is 2.62. The Morgan fingerprint density at radius 1 is 1.40 bits per heavy atom. The van der Waals surface area contributed by atoms with Crippen LogP contribution in [-0.2, 0) is 10.2 Å². The Morgan fingerprint density at radius 3 is 2.67 bits per heavy atom. The Labute approximate surface area is 90.9 Å². The molecule has 1 N–H and O–H groups in total. The van der Waals surface area contributed by atoms with E-state index in [1.54, 1.807) is 0 Å². The van der Waals surface area contributed by atoms with E-state index in [-0.39, 0.29) is 5.41 Å². The Balaban J connectivity index is 2.11. The van der Waals surface area contributed by atoms with E-state index in [4.69, 9.17) is 4.74 Å². The number of nitrogens with zero attached hydrogens (tertiary/aromatic N) is 1. The molecule has 0 bridgehead atoms. The van der Waals surface area contributed by atoms with Gasteiger partial charge in [-0.25, -0.2) is 4.98 Å². The van der Waals surface area contributed by atoms with Gasteiger partial charge in [-0.1, -0.05) is 20.8 Å². The van der Waals surface area contributed by atoms with Crippen molar-refractivity contribution in [2.45, 2.75) is 32.2 Å². The van der Waals surface area contributed by atoms with Gasteiger partial charge >= 0.3 is 0 Å². The van der Waals surface area contributed by atoms with Crippen LogP contribution < -0.4 is 5.32 Å². The van der Waals surface area contributed by atoms with E-state index in [1.165, 1.54) is 5.56 Å². The van der Waals surface area contributed by atoms with Crippen molar-refractivity contribution in [3.8, 4) is 0 Å². The van der Waals surface area contributed by atoms with Crippen molar-refractivity contribution in [1.82, 2.24) is 4.98 Å². The van der Waals surface area contributed by atoms with Gasteiger partial charge in [-0.2, -0.15) is 0 Å². The van der Waals surface area contributed by atoms with Crippen molar-refractivity contribution in [1.29, 1.82) is 0 Å². The predicted molar refractivity (Wildman–Crippen MR) is 61.2 cm³/mol. The molecule has 0 spiro atoms. The first-order chi connectivity index (χ1) is 7.05. The quantitative estimate of drug-likeness (QED) is 0.805. The van der Waals surface area contributed by atoms with Crippen LogP contribution >= 0.6 is 0 Å². The number of hydrogen-bond acceptors (Lipinski definition) is 3. The van der Waals surface area contributed by atoms with Gasteiger partial charge in [-0.3, -0.25) is 0 Å². The number of hydrogen-bond donors (Lipinski definition) is 1. The first kappa shape index (κ1) is 10.4. The fraction of sp³-hybridized carbons (Fsp3) is 0.583. The van der Waals surface area contributed by atoms with Gasteiger partial charge in [0.2, 0.25) is 0 Å². The van der Waals surface area contributed by atoms with Crippen LogP contribution in [0.25, 0.3) is 0 Å². The highest BCUT2D eigenvalue weighted by Gasteiger charge is 2.19. The summed E-state index contributed by atoms with van der Waals surface area (Å²) >= 11 is 0. The lowest BCUT2D eigenvalue weighted by atomic mass is 9.88. The smallest absolute Gasteiger partial charge is 0.126 e. The third-order valence-corrected chi connectivity index (χ3v) is 2.62. The van der Waals surface area contributed by atoms with E-state index in [1.807, 2.05) is 6.20 Å². The van der Waals surface area contributed by atoms with E-state index in [9.17, 15) is 0 Å². The van der Waals surface area contributed by atoms with Gasteiger partial charge < -0.3 is 10.1 Å². The molecule has 0 aromatic carbocycles. The largest absolute Gasteiger partial charge is 0.377 e. The summed E-state index contributed by atoms with van der Waals surface area (Å²) in [4.78, 5) is 4.31. The zero-order valence-electron chi connectivity index (χ0n) is 9.58. The first-order valence-electron chi connectivity index (χ1n) is 5.36. The van der Waals surface area contributed by atoms with Crippen molar-refractivity contribution in [2.75, 3.05) is 18.5 Å². The molecule has 1 aromatic rings. The van der Waals surface area contributed by atoms with Crippen molar-refractivity contribution in [3.63, 3.8) is 0 Å². The van der Waals surface area contributed by atoms with E-state index in [2.05, 4.69) is 43.2 Å². The maximum atomic E-state index is 5.11. The van der Waals surface area contributed by atoms with Crippen LogP contribution in [-0.4, -0.2) is 24.2 Å². The number of nitrogens with one attached hydrogen (secondary N) is 1. The summed E-state index contributed by atoms with van der Waals surface area (Å²) in [6.45, 7) is 8.21. The van der Waals surface area contributed by atoms with Gasteiger partial charge in [0.25, 0.3) is 0 Å². The standard InChI is InChI=1S/C12H18N2O/c1-12(2,3)9-4-5-13-11(6-9)14-10-7-15-8-10/h4-6,10H,7-8H2,1-3H3,(H,13,14). The van der Waals surface area contributed by atoms with Crippen LogP contribution in [0.1, 0.15) is 26.3 Å². The molecule has 0 radical (unpaired) electrons. The molecule has 0 atom stereocenters. The highest BCUT2D eigenvalue weighted by atomic mass is 16.5. The lowest BCUT2D eigenvalue weighted by Gasteiger charge is -2.28. The van der Waals surface area contributed by atoms with Crippen LogP contribution in [0.5, 0.6) is 0 Å². The van der Waals surface area contributed by atoms with Gasteiger partial charge in [-0.05, 0) is 23.1 Å². The van der Waals surface area contributed by atoms with Crippen molar-refractivity contribution >= 4 is 5.82 Å². The van der Waals surface area contributed by atoms with Crippen molar-refractivity contribution < 1.29 is 4.74 Å². The molecule has 1 aliphatic rings. The summed E-state index contributed by atoms with van der Waals surface area (Å²) < 4.78 is 5.11. The minimum absolute atomic E-state index is 0.176. The lowest BCUT2D eigenvalue weighted by molar-refractivity contribution is 0.0209. The Hall–Kier alpha value is -1.09. The number of rotatable bonds is 2. The molecule has 2 rings (SSSR count). The molecule has 1 saturated heterocycles. The molecule has 0 unspecified atom stereocenters. The van der Waals surface area contributed by atoms with E-state index >= 15 is 0 Å². The predicted octanol–water partition coefficient (Wildman–Crippen LogP) is 2.19. The summed E-state index contributed by atoms with van der Waals surface area (Å²) in [6, 6.07) is 4.63. The van der Waals surface area contributed by atoms with Crippen LogP contribution in [0.3, 0.4) is 0 Å². The van der Waals surface area contributed by atoms with Crippen LogP contribution in [0.4, 0.5) is 5.82 Å². The Morgan fingerprint density at radius 2 is 2.13 bits per heavy atom. The number of aromatic nitrogens is 1. The fourth-order valence-corrected chi connectivity index (χ4v) is 1.50. The summed E-state index contributed by atoms with van der Waals surface area (Å²) in [6.07, 6.45) is 1.86. The van der Waals surface area contributed by atoms with Gasteiger partial charge in [-0.15, -0.1) is 0 Å².